The Balaban J connectivity index is 2.23. The normalized spacial score (nSPS) is 27.5. The topological polar surface area (TPSA) is 29.1 Å². The maximum Gasteiger partial charge on any atom is 0.225 e. The van der Waals surface area contributed by atoms with Crippen LogP contribution in [0.15, 0.2) is 0 Å². The lowest BCUT2D eigenvalue weighted by molar-refractivity contribution is -0.128. The molecule has 2 nitrogen and oxygen atoms in total. The number of alkyl halides is 1. The van der Waals surface area contributed by atoms with Crippen LogP contribution >= 0.6 is 15.9 Å². The molecule has 0 spiro atoms. The van der Waals surface area contributed by atoms with Crippen LogP contribution in [0.4, 0.5) is 0 Å². The third-order valence-electron chi connectivity index (χ3n) is 3.01. The molecule has 0 radical (unpaired) electrons. The van der Waals surface area contributed by atoms with E-state index in [9.17, 15) is 4.79 Å². The van der Waals surface area contributed by atoms with Gasteiger partial charge in [0.2, 0.25) is 5.91 Å². The summed E-state index contributed by atoms with van der Waals surface area (Å²) in [6.07, 6.45) is 4.97. The molecule has 1 N–H and O–H groups in total. The molecule has 0 aliphatic heterocycles. The van der Waals surface area contributed by atoms with Gasteiger partial charge in [0.25, 0.3) is 0 Å². The number of amides is 1. The Morgan fingerprint density at radius 3 is 2.27 bits per heavy atom. The Morgan fingerprint density at radius 1 is 1.27 bits per heavy atom. The lowest BCUT2D eigenvalue weighted by Gasteiger charge is -2.26. The van der Waals surface area contributed by atoms with Crippen molar-refractivity contribution >= 4 is 21.8 Å². The SMILES string of the molecule is CC(C)(C)C(=O)NCC1CCC(Br)CC1. The third kappa shape index (κ3) is 4.54. The van der Waals surface area contributed by atoms with Gasteiger partial charge in [0.15, 0.2) is 0 Å². The first-order valence-electron chi connectivity index (χ1n) is 5.82. The Kier molecular flexibility index (Phi) is 4.63. The molecule has 1 aliphatic rings. The Bertz CT molecular complexity index is 214. The highest BCUT2D eigenvalue weighted by molar-refractivity contribution is 9.09. The van der Waals surface area contributed by atoms with Crippen molar-refractivity contribution < 1.29 is 4.79 Å². The zero-order valence-electron chi connectivity index (χ0n) is 9.98. The van der Waals surface area contributed by atoms with Crippen molar-refractivity contribution in [2.75, 3.05) is 6.54 Å². The molecule has 1 aliphatic carbocycles. The number of hydrogen-bond donors (Lipinski definition) is 1. The highest BCUT2D eigenvalue weighted by Gasteiger charge is 2.23. The van der Waals surface area contributed by atoms with Crippen molar-refractivity contribution in [1.82, 2.24) is 5.32 Å². The van der Waals surface area contributed by atoms with Crippen LogP contribution in [0.25, 0.3) is 0 Å². The van der Waals surface area contributed by atoms with E-state index in [2.05, 4.69) is 21.2 Å². The molecule has 0 aromatic rings. The summed E-state index contributed by atoms with van der Waals surface area (Å²) in [5.74, 6) is 0.855. The second-order valence-corrected chi connectivity index (χ2v) is 6.87. The molecule has 88 valence electrons. The highest BCUT2D eigenvalue weighted by Crippen LogP contribution is 2.28. The van der Waals surface area contributed by atoms with E-state index in [1.165, 1.54) is 25.7 Å². The van der Waals surface area contributed by atoms with Crippen molar-refractivity contribution in [1.29, 1.82) is 0 Å². The van der Waals surface area contributed by atoms with E-state index in [-0.39, 0.29) is 11.3 Å². The summed E-state index contributed by atoms with van der Waals surface area (Å²) in [5, 5.41) is 3.05. The molecular weight excluding hydrogens is 254 g/mol. The number of hydrogen-bond acceptors (Lipinski definition) is 1. The molecular formula is C12H22BrNO. The van der Waals surface area contributed by atoms with E-state index < -0.39 is 0 Å². The molecule has 3 heteroatoms. The molecule has 0 aromatic heterocycles. The summed E-state index contributed by atoms with van der Waals surface area (Å²) < 4.78 is 0. The molecule has 1 rings (SSSR count). The molecule has 0 aromatic carbocycles. The molecule has 0 unspecified atom stereocenters. The standard InChI is InChI=1S/C12H22BrNO/c1-12(2,3)11(15)14-8-9-4-6-10(13)7-5-9/h9-10H,4-8H2,1-3H3,(H,14,15). The summed E-state index contributed by atoms with van der Waals surface area (Å²) in [4.78, 5) is 12.4. The fraction of sp³-hybridized carbons (Fsp3) is 0.917. The summed E-state index contributed by atoms with van der Waals surface area (Å²) in [7, 11) is 0. The van der Waals surface area contributed by atoms with E-state index in [4.69, 9.17) is 0 Å². The number of carbonyl (C=O) groups excluding carboxylic acids is 1. The Morgan fingerprint density at radius 2 is 1.80 bits per heavy atom. The summed E-state index contributed by atoms with van der Waals surface area (Å²) in [6, 6.07) is 0. The van der Waals surface area contributed by atoms with Crippen molar-refractivity contribution in [2.45, 2.75) is 51.3 Å². The first-order chi connectivity index (χ1) is 6.89. The maximum atomic E-state index is 11.7. The van der Waals surface area contributed by atoms with Gasteiger partial charge in [-0.2, -0.15) is 0 Å². The molecule has 1 saturated carbocycles. The average molecular weight is 276 g/mol. The Hall–Kier alpha value is -0.0500. The van der Waals surface area contributed by atoms with E-state index >= 15 is 0 Å². The van der Waals surface area contributed by atoms with Crippen molar-refractivity contribution in [2.24, 2.45) is 11.3 Å². The van der Waals surface area contributed by atoms with Crippen LogP contribution in [0, 0.1) is 11.3 Å². The lowest BCUT2D eigenvalue weighted by atomic mass is 9.88. The van der Waals surface area contributed by atoms with Crippen molar-refractivity contribution in [3.05, 3.63) is 0 Å². The molecule has 1 amide bonds. The minimum atomic E-state index is -0.257. The van der Waals surface area contributed by atoms with Crippen LogP contribution in [0.3, 0.4) is 0 Å². The van der Waals surface area contributed by atoms with Gasteiger partial charge in [-0.25, -0.2) is 0 Å². The van der Waals surface area contributed by atoms with Crippen LogP contribution in [0.2, 0.25) is 0 Å². The maximum absolute atomic E-state index is 11.7. The van der Waals surface area contributed by atoms with Crippen molar-refractivity contribution in [3.63, 3.8) is 0 Å². The van der Waals surface area contributed by atoms with Gasteiger partial charge in [-0.05, 0) is 31.6 Å². The lowest BCUT2D eigenvalue weighted by Crippen LogP contribution is -2.38. The van der Waals surface area contributed by atoms with Gasteiger partial charge in [-0.3, -0.25) is 4.79 Å². The van der Waals surface area contributed by atoms with Gasteiger partial charge in [0.05, 0.1) is 0 Å². The summed E-state index contributed by atoms with van der Waals surface area (Å²) in [6.45, 7) is 6.73. The summed E-state index contributed by atoms with van der Waals surface area (Å²) in [5.41, 5.74) is -0.257. The van der Waals surface area contributed by atoms with Gasteiger partial charge < -0.3 is 5.32 Å². The van der Waals surface area contributed by atoms with Crippen LogP contribution in [-0.2, 0) is 4.79 Å². The summed E-state index contributed by atoms with van der Waals surface area (Å²) >= 11 is 3.64. The number of nitrogens with one attached hydrogen (secondary N) is 1. The van der Waals surface area contributed by atoms with Crippen LogP contribution in [0.5, 0.6) is 0 Å². The van der Waals surface area contributed by atoms with E-state index in [1.54, 1.807) is 0 Å². The minimum absolute atomic E-state index is 0.170. The molecule has 0 heterocycles. The molecule has 0 atom stereocenters. The van der Waals surface area contributed by atoms with Gasteiger partial charge in [0.1, 0.15) is 0 Å². The van der Waals surface area contributed by atoms with E-state index in [1.807, 2.05) is 20.8 Å². The quantitative estimate of drug-likeness (QED) is 0.771. The first-order valence-corrected chi connectivity index (χ1v) is 6.73. The second-order valence-electron chi connectivity index (χ2n) is 5.58. The van der Waals surface area contributed by atoms with Gasteiger partial charge in [-0.1, -0.05) is 36.7 Å². The van der Waals surface area contributed by atoms with Gasteiger partial charge in [-0.15, -0.1) is 0 Å². The van der Waals surface area contributed by atoms with Gasteiger partial charge >= 0.3 is 0 Å². The molecule has 0 bridgehead atoms. The molecule has 0 saturated heterocycles. The monoisotopic (exact) mass is 275 g/mol. The first kappa shape index (κ1) is 13.0. The zero-order valence-corrected chi connectivity index (χ0v) is 11.6. The smallest absolute Gasteiger partial charge is 0.225 e. The predicted octanol–water partition coefficient (Wildman–Crippen LogP) is 3.10. The molecule has 1 fully saturated rings. The fourth-order valence-electron chi connectivity index (χ4n) is 1.83. The molecule has 15 heavy (non-hydrogen) atoms. The number of halogens is 1. The highest BCUT2D eigenvalue weighted by atomic mass is 79.9. The van der Waals surface area contributed by atoms with E-state index in [0.717, 1.165) is 6.54 Å². The predicted molar refractivity (Wildman–Crippen MR) is 67.1 cm³/mol. The fourth-order valence-corrected chi connectivity index (χ4v) is 2.36. The minimum Gasteiger partial charge on any atom is -0.355 e. The number of rotatable bonds is 2. The second kappa shape index (κ2) is 5.33. The average Bonchev–Trinajstić information content (AvgIpc) is 2.15. The van der Waals surface area contributed by atoms with E-state index in [0.29, 0.717) is 10.7 Å². The third-order valence-corrected chi connectivity index (χ3v) is 3.92. The van der Waals surface area contributed by atoms with Crippen LogP contribution < -0.4 is 5.32 Å². The largest absolute Gasteiger partial charge is 0.355 e. The Labute approximate surface area is 101 Å². The van der Waals surface area contributed by atoms with Crippen LogP contribution in [-0.4, -0.2) is 17.3 Å². The van der Waals surface area contributed by atoms with Gasteiger partial charge in [0, 0.05) is 16.8 Å². The van der Waals surface area contributed by atoms with Crippen molar-refractivity contribution in [3.8, 4) is 0 Å². The number of carbonyl (C=O) groups is 1. The zero-order chi connectivity index (χ0) is 11.5. The van der Waals surface area contributed by atoms with Crippen LogP contribution in [0.1, 0.15) is 46.5 Å².